The lowest BCUT2D eigenvalue weighted by Gasteiger charge is -2.08. The van der Waals surface area contributed by atoms with Gasteiger partial charge < -0.3 is 10.2 Å². The van der Waals surface area contributed by atoms with E-state index in [2.05, 4.69) is 10.2 Å². The zero-order valence-corrected chi connectivity index (χ0v) is 14.3. The zero-order chi connectivity index (χ0) is 16.9. The van der Waals surface area contributed by atoms with Gasteiger partial charge in [-0.1, -0.05) is 23.4 Å². The summed E-state index contributed by atoms with van der Waals surface area (Å²) in [6.07, 6.45) is 1.91. The average molecular weight is 363 g/mol. The molecule has 3 aromatic rings. The van der Waals surface area contributed by atoms with Crippen molar-refractivity contribution in [3.8, 4) is 11.4 Å². The van der Waals surface area contributed by atoms with Crippen molar-refractivity contribution >= 4 is 29.3 Å². The molecule has 0 atom stereocenters. The average Bonchev–Trinajstić information content (AvgIpc) is 3.19. The maximum Gasteiger partial charge on any atom is 0.218 e. The lowest BCUT2D eigenvalue weighted by atomic mass is 10.2. The van der Waals surface area contributed by atoms with Crippen molar-refractivity contribution in [2.75, 3.05) is 5.75 Å². The molecular formula is C16H15ClN4O2S. The fraction of sp³-hybridized carbons (Fsp3) is 0.188. The number of aromatic nitrogens is 3. The molecule has 0 bridgehead atoms. The molecule has 124 valence electrons. The second-order valence-electron chi connectivity index (χ2n) is 5.04. The molecule has 0 fully saturated rings. The molecule has 2 aromatic heterocycles. The van der Waals surface area contributed by atoms with Crippen LogP contribution in [-0.4, -0.2) is 26.4 Å². The van der Waals surface area contributed by atoms with Crippen LogP contribution in [0.15, 0.2) is 52.2 Å². The van der Waals surface area contributed by atoms with Crippen molar-refractivity contribution in [1.82, 2.24) is 14.8 Å². The molecular weight excluding hydrogens is 348 g/mol. The number of nitrogens with two attached hydrogens (primary N) is 1. The van der Waals surface area contributed by atoms with Gasteiger partial charge in [0.05, 0.1) is 12.8 Å². The third kappa shape index (κ3) is 3.98. The summed E-state index contributed by atoms with van der Waals surface area (Å²) in [6, 6.07) is 11.1. The maximum atomic E-state index is 10.9. The summed E-state index contributed by atoms with van der Waals surface area (Å²) in [5, 5.41) is 9.89. The first-order valence-corrected chi connectivity index (χ1v) is 8.62. The van der Waals surface area contributed by atoms with Gasteiger partial charge in [0.25, 0.3) is 0 Å². The largest absolute Gasteiger partial charge is 0.467 e. The molecule has 0 saturated carbocycles. The van der Waals surface area contributed by atoms with Gasteiger partial charge in [-0.05, 0) is 36.4 Å². The molecule has 24 heavy (non-hydrogen) atoms. The van der Waals surface area contributed by atoms with Gasteiger partial charge in [-0.2, -0.15) is 0 Å². The van der Waals surface area contributed by atoms with Crippen LogP contribution in [0.1, 0.15) is 12.2 Å². The molecule has 3 rings (SSSR count). The van der Waals surface area contributed by atoms with Crippen LogP contribution in [0.4, 0.5) is 0 Å². The van der Waals surface area contributed by atoms with Crippen LogP contribution < -0.4 is 5.73 Å². The molecule has 1 amide bonds. The van der Waals surface area contributed by atoms with Gasteiger partial charge in [-0.3, -0.25) is 9.36 Å². The molecule has 6 nitrogen and oxygen atoms in total. The Hall–Kier alpha value is -2.25. The summed E-state index contributed by atoms with van der Waals surface area (Å²) in [5.74, 6) is 1.72. The minimum atomic E-state index is -0.336. The number of carbonyl (C=O) groups is 1. The zero-order valence-electron chi connectivity index (χ0n) is 12.7. The number of halogens is 1. The molecule has 0 unspecified atom stereocenters. The number of rotatable bonds is 7. The van der Waals surface area contributed by atoms with E-state index in [4.69, 9.17) is 21.8 Å². The number of primary amides is 1. The van der Waals surface area contributed by atoms with Crippen molar-refractivity contribution in [3.63, 3.8) is 0 Å². The Labute approximate surface area is 148 Å². The number of hydrogen-bond donors (Lipinski definition) is 1. The van der Waals surface area contributed by atoms with E-state index in [1.165, 1.54) is 11.8 Å². The Morgan fingerprint density at radius 3 is 2.71 bits per heavy atom. The fourth-order valence-electron chi connectivity index (χ4n) is 2.15. The van der Waals surface area contributed by atoms with E-state index < -0.39 is 0 Å². The fourth-order valence-corrected chi connectivity index (χ4v) is 3.17. The van der Waals surface area contributed by atoms with Crippen molar-refractivity contribution in [1.29, 1.82) is 0 Å². The monoisotopic (exact) mass is 362 g/mol. The SMILES string of the molecule is NC(=O)CCSc1nnc(-c2ccc(Cl)cc2)n1Cc1ccco1. The summed E-state index contributed by atoms with van der Waals surface area (Å²) >= 11 is 7.39. The Morgan fingerprint density at radius 1 is 1.25 bits per heavy atom. The van der Waals surface area contributed by atoms with E-state index >= 15 is 0 Å². The summed E-state index contributed by atoms with van der Waals surface area (Å²) in [4.78, 5) is 10.9. The molecule has 1 aromatic carbocycles. The van der Waals surface area contributed by atoms with Crippen molar-refractivity contribution in [2.24, 2.45) is 5.73 Å². The van der Waals surface area contributed by atoms with Gasteiger partial charge in [0.1, 0.15) is 5.76 Å². The quantitative estimate of drug-likeness (QED) is 0.652. The Kier molecular flexibility index (Phi) is 5.22. The van der Waals surface area contributed by atoms with Gasteiger partial charge >= 0.3 is 0 Å². The first-order valence-electron chi connectivity index (χ1n) is 7.26. The van der Waals surface area contributed by atoms with Crippen molar-refractivity contribution < 1.29 is 9.21 Å². The normalized spacial score (nSPS) is 10.9. The van der Waals surface area contributed by atoms with E-state index in [1.807, 2.05) is 41.0 Å². The van der Waals surface area contributed by atoms with E-state index in [0.29, 0.717) is 28.3 Å². The van der Waals surface area contributed by atoms with Crippen molar-refractivity contribution in [3.05, 3.63) is 53.4 Å². The molecule has 0 radical (unpaired) electrons. The summed E-state index contributed by atoms with van der Waals surface area (Å²) in [7, 11) is 0. The van der Waals surface area contributed by atoms with E-state index in [0.717, 1.165) is 11.3 Å². The first-order chi connectivity index (χ1) is 11.6. The number of amides is 1. The van der Waals surface area contributed by atoms with Crippen molar-refractivity contribution in [2.45, 2.75) is 18.1 Å². The van der Waals surface area contributed by atoms with Crippen LogP contribution in [0.2, 0.25) is 5.02 Å². The van der Waals surface area contributed by atoms with Crippen LogP contribution in [0.3, 0.4) is 0 Å². The molecule has 8 heteroatoms. The highest BCUT2D eigenvalue weighted by Gasteiger charge is 2.16. The second kappa shape index (κ2) is 7.55. The van der Waals surface area contributed by atoms with E-state index in [9.17, 15) is 4.79 Å². The van der Waals surface area contributed by atoms with Gasteiger partial charge in [-0.15, -0.1) is 10.2 Å². The predicted octanol–water partition coefficient (Wildman–Crippen LogP) is 3.21. The first kappa shape index (κ1) is 16.6. The molecule has 0 aliphatic heterocycles. The van der Waals surface area contributed by atoms with Gasteiger partial charge in [-0.25, -0.2) is 0 Å². The van der Waals surface area contributed by atoms with E-state index in [1.54, 1.807) is 6.26 Å². The lowest BCUT2D eigenvalue weighted by molar-refractivity contribution is -0.117. The second-order valence-corrected chi connectivity index (χ2v) is 6.54. The molecule has 2 N–H and O–H groups in total. The third-order valence-electron chi connectivity index (χ3n) is 3.29. The Morgan fingerprint density at radius 2 is 2.04 bits per heavy atom. The van der Waals surface area contributed by atoms with Gasteiger partial charge in [0, 0.05) is 22.8 Å². The number of benzene rings is 1. The minimum absolute atomic E-state index is 0.286. The Balaban J connectivity index is 1.91. The highest BCUT2D eigenvalue weighted by Crippen LogP contribution is 2.26. The standard InChI is InChI=1S/C16H15ClN4O2S/c17-12-5-3-11(4-6-12)15-19-20-16(24-9-7-14(18)22)21(15)10-13-2-1-8-23-13/h1-6,8H,7,9-10H2,(H2,18,22). The van der Waals surface area contributed by atoms with Gasteiger partial charge in [0.2, 0.25) is 5.91 Å². The van der Waals surface area contributed by atoms with Crippen LogP contribution in [-0.2, 0) is 11.3 Å². The molecule has 0 aliphatic rings. The number of nitrogens with zero attached hydrogens (tertiary/aromatic N) is 3. The third-order valence-corrected chi connectivity index (χ3v) is 4.51. The van der Waals surface area contributed by atoms with Crippen LogP contribution in [0.25, 0.3) is 11.4 Å². The Bertz CT molecular complexity index is 815. The topological polar surface area (TPSA) is 86.9 Å². The van der Waals surface area contributed by atoms with Crippen LogP contribution >= 0.6 is 23.4 Å². The molecule has 0 spiro atoms. The van der Waals surface area contributed by atoms with E-state index in [-0.39, 0.29) is 12.3 Å². The number of hydrogen-bond acceptors (Lipinski definition) is 5. The smallest absolute Gasteiger partial charge is 0.218 e. The van der Waals surface area contributed by atoms with Crippen LogP contribution in [0, 0.1) is 0 Å². The maximum absolute atomic E-state index is 10.9. The summed E-state index contributed by atoms with van der Waals surface area (Å²) in [5.41, 5.74) is 6.10. The number of thioether (sulfide) groups is 1. The number of carbonyl (C=O) groups excluding carboxylic acids is 1. The highest BCUT2D eigenvalue weighted by atomic mass is 35.5. The van der Waals surface area contributed by atoms with Gasteiger partial charge in [0.15, 0.2) is 11.0 Å². The predicted molar refractivity (Wildman–Crippen MR) is 92.8 cm³/mol. The summed E-state index contributed by atoms with van der Waals surface area (Å²) < 4.78 is 7.39. The molecule has 2 heterocycles. The van der Waals surface area contributed by atoms with Crippen LogP contribution in [0.5, 0.6) is 0 Å². The molecule has 0 saturated heterocycles. The minimum Gasteiger partial charge on any atom is -0.467 e. The lowest BCUT2D eigenvalue weighted by Crippen LogP contribution is -2.11. The number of furan rings is 1. The molecule has 0 aliphatic carbocycles. The summed E-state index contributed by atoms with van der Waals surface area (Å²) in [6.45, 7) is 0.497. The highest BCUT2D eigenvalue weighted by molar-refractivity contribution is 7.99.